The maximum atomic E-state index is 14.6. The molecule has 2 unspecified atom stereocenters. The fraction of sp³-hybridized carbons (Fsp3) is 0.200. The quantitative estimate of drug-likeness (QED) is 0.230. The molecular formula is C20H10F9IN2O3S. The van der Waals surface area contributed by atoms with Gasteiger partial charge < -0.3 is 5.21 Å². The fourth-order valence-corrected chi connectivity index (χ4v) is 5.09. The van der Waals surface area contributed by atoms with Gasteiger partial charge in [0.15, 0.2) is 5.69 Å². The molecule has 0 aliphatic carbocycles. The van der Waals surface area contributed by atoms with Gasteiger partial charge in [0.2, 0.25) is 0 Å². The van der Waals surface area contributed by atoms with E-state index in [0.29, 0.717) is 5.39 Å². The minimum atomic E-state index is -6.60. The lowest BCUT2D eigenvalue weighted by Gasteiger charge is -2.31. The smallest absolute Gasteiger partial charge is 0.435 e. The zero-order valence-corrected chi connectivity index (χ0v) is 20.0. The number of halogens is 10. The summed E-state index contributed by atoms with van der Waals surface area (Å²) in [4.78, 5) is 15.2. The van der Waals surface area contributed by atoms with E-state index in [-0.39, 0.29) is 23.2 Å². The Hall–Kier alpha value is -2.31. The number of carbonyl (C=O) groups excluding carboxylic acids is 1. The van der Waals surface area contributed by atoms with Crippen LogP contribution in [0.15, 0.2) is 53.6 Å². The van der Waals surface area contributed by atoms with Crippen molar-refractivity contribution in [3.63, 3.8) is 0 Å². The highest BCUT2D eigenvalue weighted by Gasteiger charge is 2.73. The average Bonchev–Trinajstić information content (AvgIpc) is 2.79. The van der Waals surface area contributed by atoms with Crippen LogP contribution in [-0.2, 0) is 16.5 Å². The first kappa shape index (κ1) is 28.3. The molecule has 3 aromatic rings. The van der Waals surface area contributed by atoms with E-state index in [2.05, 4.69) is 4.98 Å². The van der Waals surface area contributed by atoms with Gasteiger partial charge in [-0.25, -0.2) is 13.4 Å². The molecule has 0 saturated heterocycles. The number of alkyl halides is 9. The minimum Gasteiger partial charge on any atom is -0.621 e. The van der Waals surface area contributed by atoms with Gasteiger partial charge in [-0.3, -0.25) is 10.0 Å². The molecule has 0 aliphatic heterocycles. The Balaban J connectivity index is 2.22. The summed E-state index contributed by atoms with van der Waals surface area (Å²) in [5.41, 5.74) is -9.53. The van der Waals surface area contributed by atoms with E-state index in [1.807, 2.05) is 0 Å². The summed E-state index contributed by atoms with van der Waals surface area (Å²) in [5, 5.41) is 11.8. The third-order valence-electron chi connectivity index (χ3n) is 4.91. The highest BCUT2D eigenvalue weighted by molar-refractivity contribution is 14.1. The van der Waals surface area contributed by atoms with Crippen LogP contribution in [0.5, 0.6) is 0 Å². The van der Waals surface area contributed by atoms with Gasteiger partial charge in [0.1, 0.15) is 15.7 Å². The van der Waals surface area contributed by atoms with Crippen LogP contribution < -0.4 is 5.06 Å². The van der Waals surface area contributed by atoms with Crippen LogP contribution in [0.4, 0.5) is 45.2 Å². The number of rotatable bonds is 5. The van der Waals surface area contributed by atoms with Gasteiger partial charge in [-0.05, 0) is 52.9 Å². The summed E-state index contributed by atoms with van der Waals surface area (Å²) in [6, 6.07) is 6.39. The molecule has 0 fully saturated rings. The summed E-state index contributed by atoms with van der Waals surface area (Å²) in [6.07, 6.45) is -11.8. The van der Waals surface area contributed by atoms with E-state index in [1.165, 1.54) is 12.3 Å². The van der Waals surface area contributed by atoms with Gasteiger partial charge in [-0.15, -0.1) is 0 Å². The van der Waals surface area contributed by atoms with Crippen molar-refractivity contribution in [2.75, 3.05) is 0 Å². The average molecular weight is 656 g/mol. The first-order chi connectivity index (χ1) is 16.5. The van der Waals surface area contributed by atoms with E-state index in [0.717, 1.165) is 34.7 Å². The van der Waals surface area contributed by atoms with Gasteiger partial charge in [-0.2, -0.15) is 35.1 Å². The zero-order chi connectivity index (χ0) is 27.2. The fourth-order valence-electron chi connectivity index (χ4n) is 3.20. The van der Waals surface area contributed by atoms with Crippen molar-refractivity contribution in [3.8, 4) is 0 Å². The van der Waals surface area contributed by atoms with Crippen molar-refractivity contribution in [2.24, 2.45) is 0 Å². The molecule has 2 atom stereocenters. The van der Waals surface area contributed by atoms with Crippen LogP contribution in [0.1, 0.15) is 15.9 Å². The van der Waals surface area contributed by atoms with Crippen LogP contribution in [-0.4, -0.2) is 33.2 Å². The molecule has 0 radical (unpaired) electrons. The molecule has 194 valence electrons. The lowest BCUT2D eigenvalue weighted by molar-refractivity contribution is -0.682. The van der Waals surface area contributed by atoms with Crippen LogP contribution in [0.3, 0.4) is 0 Å². The molecule has 0 aliphatic rings. The second kappa shape index (κ2) is 9.86. The first-order valence-corrected chi connectivity index (χ1v) is 11.6. The first-order valence-electron chi connectivity index (χ1n) is 9.29. The lowest BCUT2D eigenvalue weighted by atomic mass is 9.94. The molecule has 1 aromatic heterocycles. The van der Waals surface area contributed by atoms with Crippen molar-refractivity contribution >= 4 is 55.9 Å². The highest BCUT2D eigenvalue weighted by atomic mass is 127. The Kier molecular flexibility index (Phi) is 7.74. The van der Waals surface area contributed by atoms with Crippen LogP contribution in [0.2, 0.25) is 0 Å². The van der Waals surface area contributed by atoms with Gasteiger partial charge in [0.05, 0.1) is 14.7 Å². The van der Waals surface area contributed by atoms with Gasteiger partial charge in [0, 0.05) is 17.1 Å². The highest BCUT2D eigenvalue weighted by Crippen LogP contribution is 2.54. The van der Waals surface area contributed by atoms with Crippen molar-refractivity contribution < 1.29 is 53.6 Å². The third kappa shape index (κ3) is 4.95. The van der Waals surface area contributed by atoms with E-state index in [4.69, 9.17) is 0 Å². The van der Waals surface area contributed by atoms with Gasteiger partial charge in [-0.1, -0.05) is 12.1 Å². The molecule has 0 spiro atoms. The molecular weight excluding hydrogens is 646 g/mol. The number of nitrogens with one attached hydrogen (secondary N) is 1. The number of hydroxylamine groups is 1. The number of amides is 1. The Labute approximate surface area is 211 Å². The van der Waals surface area contributed by atoms with E-state index >= 15 is 0 Å². The zero-order valence-electron chi connectivity index (χ0n) is 17.1. The number of pyridine rings is 1. The molecule has 1 N–H and O–H groups in total. The molecule has 1 amide bonds. The number of benzene rings is 2. The molecule has 5 nitrogen and oxygen atoms in total. The minimum absolute atomic E-state index is 0.0594. The number of hydrogen-bond acceptors (Lipinski definition) is 4. The van der Waals surface area contributed by atoms with Crippen molar-refractivity contribution in [2.45, 2.75) is 28.7 Å². The van der Waals surface area contributed by atoms with E-state index in [9.17, 15) is 53.7 Å². The van der Waals surface area contributed by atoms with Crippen LogP contribution >= 0.6 is 22.6 Å². The lowest BCUT2D eigenvalue weighted by Crippen LogP contribution is -3.05. The number of carbonyl (C=O) groups is 1. The summed E-state index contributed by atoms with van der Waals surface area (Å²) in [7, 11) is -3.70. The molecule has 16 heteroatoms. The second-order valence-electron chi connectivity index (χ2n) is 7.11. The van der Waals surface area contributed by atoms with Crippen molar-refractivity contribution in [1.29, 1.82) is 0 Å². The van der Waals surface area contributed by atoms with Crippen LogP contribution in [0, 0.1) is 8.78 Å². The standard InChI is InChI=1S/C20H10F9IN2O3S/c21-17(22)36(35)14-8-11(18(23,19(24,25)26)20(27,28)29)7-12(30)15(14)32(34)16(33)10-4-3-9-2-1-5-31-13(9)6-10/h1-8,17,32H. The SMILES string of the molecule is O=C(c1ccc2cccnc2c1)[NH+]([O-])c1c(I)cc(C(F)(C(F)(F)F)C(F)(F)F)cc1S(=O)C(F)F. The summed E-state index contributed by atoms with van der Waals surface area (Å²) < 4.78 is 131. The monoisotopic (exact) mass is 656 g/mol. The van der Waals surface area contributed by atoms with Crippen molar-refractivity contribution in [1.82, 2.24) is 4.98 Å². The van der Waals surface area contributed by atoms with E-state index < -0.39 is 65.3 Å². The molecule has 3 rings (SSSR count). The Morgan fingerprint density at radius 1 is 1.00 bits per heavy atom. The summed E-state index contributed by atoms with van der Waals surface area (Å²) in [6.45, 7) is 0. The predicted molar refractivity (Wildman–Crippen MR) is 117 cm³/mol. The molecule has 36 heavy (non-hydrogen) atoms. The Morgan fingerprint density at radius 2 is 1.61 bits per heavy atom. The third-order valence-corrected chi connectivity index (χ3v) is 6.84. The Morgan fingerprint density at radius 3 is 2.17 bits per heavy atom. The normalized spacial score (nSPS) is 14.8. The largest absolute Gasteiger partial charge is 0.621 e. The number of quaternary nitrogens is 1. The summed E-state index contributed by atoms with van der Waals surface area (Å²) in [5.74, 6) is -5.30. The maximum absolute atomic E-state index is 14.6. The molecule has 0 saturated carbocycles. The predicted octanol–water partition coefficient (Wildman–Crippen LogP) is 5.31. The Bertz CT molecular complexity index is 1330. The topological polar surface area (TPSA) is 74.5 Å². The maximum Gasteiger partial charge on any atom is 0.435 e. The van der Waals surface area contributed by atoms with E-state index in [1.54, 1.807) is 12.1 Å². The number of aromatic nitrogens is 1. The second-order valence-corrected chi connectivity index (χ2v) is 9.67. The van der Waals surface area contributed by atoms with Gasteiger partial charge >= 0.3 is 29.7 Å². The molecule has 1 heterocycles. The number of nitrogens with zero attached hydrogens (tertiary/aromatic N) is 1. The molecule has 2 aromatic carbocycles. The number of fused-ring (bicyclic) bond motifs is 1. The van der Waals surface area contributed by atoms with Crippen molar-refractivity contribution in [3.05, 3.63) is 68.6 Å². The van der Waals surface area contributed by atoms with Gasteiger partial charge in [0.25, 0.3) is 0 Å². The summed E-state index contributed by atoms with van der Waals surface area (Å²) >= 11 is 0.981. The van der Waals surface area contributed by atoms with Crippen LogP contribution in [0.25, 0.3) is 10.9 Å². The number of hydrogen-bond donors (Lipinski definition) is 1. The molecule has 0 bridgehead atoms.